The van der Waals surface area contributed by atoms with Gasteiger partial charge >= 0.3 is 0 Å². The number of rotatable bonds is 2. The summed E-state index contributed by atoms with van der Waals surface area (Å²) in [5.74, 6) is -0.0366. The number of aliphatic hydroxyl groups is 1. The maximum atomic E-state index is 11.9. The van der Waals surface area contributed by atoms with Crippen LogP contribution in [0.1, 0.15) is 5.56 Å². The summed E-state index contributed by atoms with van der Waals surface area (Å²) in [5, 5.41) is 11.5. The molecule has 2 aromatic carbocycles. The number of anilines is 1. The Morgan fingerprint density at radius 1 is 1.26 bits per heavy atom. The molecule has 1 saturated heterocycles. The highest BCUT2D eigenvalue weighted by atomic mass is 16.5. The molecule has 1 N–H and O–H groups in total. The van der Waals surface area contributed by atoms with Crippen LogP contribution in [-0.4, -0.2) is 30.8 Å². The number of hydrogen-bond donors (Lipinski definition) is 1. The molecular weight excluding hydrogens is 242 g/mol. The molecule has 4 nitrogen and oxygen atoms in total. The third-order valence-corrected chi connectivity index (χ3v) is 3.40. The number of amides is 1. The fraction of sp³-hybridized carbons (Fsp3) is 0.267. The first-order valence-corrected chi connectivity index (χ1v) is 6.30. The van der Waals surface area contributed by atoms with Crippen LogP contribution in [-0.2, 0) is 16.1 Å². The van der Waals surface area contributed by atoms with Gasteiger partial charge in [-0.2, -0.15) is 0 Å². The van der Waals surface area contributed by atoms with E-state index in [-0.39, 0.29) is 19.1 Å². The molecule has 0 radical (unpaired) electrons. The first kappa shape index (κ1) is 12.1. The Labute approximate surface area is 111 Å². The molecule has 3 rings (SSSR count). The molecule has 1 fully saturated rings. The van der Waals surface area contributed by atoms with Gasteiger partial charge < -0.3 is 14.7 Å². The average Bonchev–Trinajstić information content (AvgIpc) is 2.46. The molecule has 1 aliphatic rings. The van der Waals surface area contributed by atoms with Crippen molar-refractivity contribution in [3.05, 3.63) is 42.0 Å². The van der Waals surface area contributed by atoms with Crippen LogP contribution in [0.4, 0.5) is 5.69 Å². The molecule has 0 aromatic heterocycles. The maximum absolute atomic E-state index is 11.9. The molecule has 0 bridgehead atoms. The molecule has 0 saturated carbocycles. The van der Waals surface area contributed by atoms with E-state index in [1.54, 1.807) is 4.90 Å². The zero-order valence-corrected chi connectivity index (χ0v) is 10.5. The summed E-state index contributed by atoms with van der Waals surface area (Å²) in [7, 11) is 0. The van der Waals surface area contributed by atoms with Crippen LogP contribution in [0, 0.1) is 0 Å². The molecule has 98 valence electrons. The number of hydrogen-bond acceptors (Lipinski definition) is 3. The average molecular weight is 257 g/mol. The molecule has 1 heterocycles. The number of benzene rings is 2. The number of ether oxygens (including phenoxy) is 1. The van der Waals surface area contributed by atoms with Crippen molar-refractivity contribution >= 4 is 22.4 Å². The monoisotopic (exact) mass is 257 g/mol. The highest BCUT2D eigenvalue weighted by Crippen LogP contribution is 2.27. The van der Waals surface area contributed by atoms with Gasteiger partial charge in [-0.1, -0.05) is 24.3 Å². The fourth-order valence-corrected chi connectivity index (χ4v) is 2.45. The van der Waals surface area contributed by atoms with Gasteiger partial charge in [0, 0.05) is 12.2 Å². The minimum Gasteiger partial charge on any atom is -0.392 e. The minimum absolute atomic E-state index is 0.0348. The second-order valence-corrected chi connectivity index (χ2v) is 4.58. The molecule has 0 atom stereocenters. The van der Waals surface area contributed by atoms with Crippen LogP contribution in [0.15, 0.2) is 36.4 Å². The summed E-state index contributed by atoms with van der Waals surface area (Å²) < 4.78 is 5.14. The van der Waals surface area contributed by atoms with Crippen LogP contribution >= 0.6 is 0 Å². The molecule has 1 amide bonds. The predicted molar refractivity (Wildman–Crippen MR) is 73.0 cm³/mol. The van der Waals surface area contributed by atoms with E-state index in [0.29, 0.717) is 13.2 Å². The highest BCUT2D eigenvalue weighted by molar-refractivity contribution is 5.98. The number of carbonyl (C=O) groups is 1. The quantitative estimate of drug-likeness (QED) is 0.890. The minimum atomic E-state index is -0.0366. The summed E-state index contributed by atoms with van der Waals surface area (Å²) in [4.78, 5) is 13.6. The lowest BCUT2D eigenvalue weighted by atomic mass is 10.0. The van der Waals surface area contributed by atoms with Crippen molar-refractivity contribution in [2.45, 2.75) is 6.61 Å². The zero-order chi connectivity index (χ0) is 13.2. The lowest BCUT2D eigenvalue weighted by Gasteiger charge is -2.27. The van der Waals surface area contributed by atoms with Gasteiger partial charge in [0.25, 0.3) is 5.91 Å². The second kappa shape index (κ2) is 4.99. The standard InChI is InChI=1S/C15H15NO3/c17-9-12-8-13(16-5-6-19-10-15(16)18)7-11-3-1-2-4-14(11)12/h1-4,7-8,17H,5-6,9-10H2. The van der Waals surface area contributed by atoms with Gasteiger partial charge in [-0.15, -0.1) is 0 Å². The Morgan fingerprint density at radius 2 is 2.11 bits per heavy atom. The van der Waals surface area contributed by atoms with E-state index >= 15 is 0 Å². The molecule has 4 heteroatoms. The van der Waals surface area contributed by atoms with E-state index < -0.39 is 0 Å². The summed E-state index contributed by atoms with van der Waals surface area (Å²) in [5.41, 5.74) is 1.67. The number of morpholine rings is 1. The first-order chi connectivity index (χ1) is 9.29. The smallest absolute Gasteiger partial charge is 0.253 e. The molecule has 2 aromatic rings. The molecule has 19 heavy (non-hydrogen) atoms. The largest absolute Gasteiger partial charge is 0.392 e. The molecule has 1 aliphatic heterocycles. The Hall–Kier alpha value is -1.91. The number of fused-ring (bicyclic) bond motifs is 1. The fourth-order valence-electron chi connectivity index (χ4n) is 2.45. The van der Waals surface area contributed by atoms with E-state index in [4.69, 9.17) is 4.74 Å². The van der Waals surface area contributed by atoms with Crippen molar-refractivity contribution in [3.63, 3.8) is 0 Å². The van der Waals surface area contributed by atoms with Gasteiger partial charge in [-0.3, -0.25) is 4.79 Å². The third-order valence-electron chi connectivity index (χ3n) is 3.40. The number of nitrogens with zero attached hydrogens (tertiary/aromatic N) is 1. The van der Waals surface area contributed by atoms with E-state index in [0.717, 1.165) is 22.0 Å². The van der Waals surface area contributed by atoms with Gasteiger partial charge in [0.05, 0.1) is 13.2 Å². The molecule has 0 spiro atoms. The zero-order valence-electron chi connectivity index (χ0n) is 10.5. The van der Waals surface area contributed by atoms with Crippen LogP contribution in [0.5, 0.6) is 0 Å². The van der Waals surface area contributed by atoms with Crippen molar-refractivity contribution in [1.82, 2.24) is 0 Å². The predicted octanol–water partition coefficient (Wildman–Crippen LogP) is 1.70. The summed E-state index contributed by atoms with van der Waals surface area (Å²) in [6.45, 7) is 1.20. The topological polar surface area (TPSA) is 49.8 Å². The molecule has 0 aliphatic carbocycles. The number of aliphatic hydroxyl groups excluding tert-OH is 1. The summed E-state index contributed by atoms with van der Waals surface area (Å²) >= 11 is 0. The second-order valence-electron chi connectivity index (χ2n) is 4.58. The van der Waals surface area contributed by atoms with Crippen molar-refractivity contribution in [3.8, 4) is 0 Å². The molecular formula is C15H15NO3. The normalized spacial score (nSPS) is 16.1. The van der Waals surface area contributed by atoms with Gasteiger partial charge in [-0.25, -0.2) is 0 Å². The first-order valence-electron chi connectivity index (χ1n) is 6.30. The SMILES string of the molecule is O=C1COCCN1c1cc(CO)c2ccccc2c1. The van der Waals surface area contributed by atoms with Crippen molar-refractivity contribution in [1.29, 1.82) is 0 Å². The van der Waals surface area contributed by atoms with E-state index in [2.05, 4.69) is 0 Å². The Morgan fingerprint density at radius 3 is 2.89 bits per heavy atom. The van der Waals surface area contributed by atoms with Crippen molar-refractivity contribution in [2.75, 3.05) is 24.7 Å². The Bertz CT molecular complexity index is 624. The van der Waals surface area contributed by atoms with Gasteiger partial charge in [0.15, 0.2) is 0 Å². The van der Waals surface area contributed by atoms with Crippen LogP contribution in [0.3, 0.4) is 0 Å². The summed E-state index contributed by atoms with van der Waals surface area (Å²) in [6, 6.07) is 11.7. The number of carbonyl (C=O) groups excluding carboxylic acids is 1. The Kier molecular flexibility index (Phi) is 3.19. The van der Waals surface area contributed by atoms with Crippen molar-refractivity contribution < 1.29 is 14.6 Å². The van der Waals surface area contributed by atoms with Gasteiger partial charge in [-0.05, 0) is 28.5 Å². The van der Waals surface area contributed by atoms with Crippen LogP contribution < -0.4 is 4.90 Å². The third kappa shape index (κ3) is 2.20. The summed E-state index contributed by atoms with van der Waals surface area (Å²) in [6.07, 6.45) is 0. The Balaban J connectivity index is 2.11. The van der Waals surface area contributed by atoms with Crippen LogP contribution in [0.2, 0.25) is 0 Å². The van der Waals surface area contributed by atoms with E-state index in [9.17, 15) is 9.90 Å². The van der Waals surface area contributed by atoms with E-state index in [1.807, 2.05) is 36.4 Å². The van der Waals surface area contributed by atoms with Crippen molar-refractivity contribution in [2.24, 2.45) is 0 Å². The lowest BCUT2D eigenvalue weighted by Crippen LogP contribution is -2.41. The van der Waals surface area contributed by atoms with E-state index in [1.165, 1.54) is 0 Å². The lowest BCUT2D eigenvalue weighted by molar-refractivity contribution is -0.125. The van der Waals surface area contributed by atoms with Gasteiger partial charge in [0.1, 0.15) is 6.61 Å². The maximum Gasteiger partial charge on any atom is 0.253 e. The van der Waals surface area contributed by atoms with Gasteiger partial charge in [0.2, 0.25) is 0 Å². The highest BCUT2D eigenvalue weighted by Gasteiger charge is 2.21. The van der Waals surface area contributed by atoms with Crippen LogP contribution in [0.25, 0.3) is 10.8 Å². The molecule has 0 unspecified atom stereocenters.